The highest BCUT2D eigenvalue weighted by atomic mass is 16.5. The van der Waals surface area contributed by atoms with E-state index in [1.54, 1.807) is 7.11 Å². The molecule has 12 heavy (non-hydrogen) atoms. The summed E-state index contributed by atoms with van der Waals surface area (Å²) in [6.07, 6.45) is 0. The molecule has 0 saturated carbocycles. The SMILES string of the molecule is COc1cccc2c(C)onc12. The summed E-state index contributed by atoms with van der Waals surface area (Å²) in [5.41, 5.74) is 0.789. The Morgan fingerprint density at radius 1 is 1.42 bits per heavy atom. The third-order valence-corrected chi connectivity index (χ3v) is 1.87. The molecule has 3 nitrogen and oxygen atoms in total. The van der Waals surface area contributed by atoms with Gasteiger partial charge in [-0.1, -0.05) is 11.2 Å². The molecule has 0 aliphatic carbocycles. The number of hydrogen-bond acceptors (Lipinski definition) is 3. The van der Waals surface area contributed by atoms with Crippen LogP contribution in [-0.2, 0) is 0 Å². The molecule has 2 rings (SSSR count). The molecular weight excluding hydrogens is 154 g/mol. The molecule has 0 aliphatic heterocycles. The molecule has 1 heterocycles. The second-order valence-corrected chi connectivity index (χ2v) is 2.60. The van der Waals surface area contributed by atoms with Crippen molar-refractivity contribution in [3.63, 3.8) is 0 Å². The first-order chi connectivity index (χ1) is 5.83. The van der Waals surface area contributed by atoms with Gasteiger partial charge in [-0.25, -0.2) is 0 Å². The van der Waals surface area contributed by atoms with Gasteiger partial charge in [0.05, 0.1) is 7.11 Å². The van der Waals surface area contributed by atoms with Crippen molar-refractivity contribution in [1.29, 1.82) is 0 Å². The Bertz CT molecular complexity index is 406. The zero-order valence-corrected chi connectivity index (χ0v) is 7.00. The summed E-state index contributed by atoms with van der Waals surface area (Å²) in [4.78, 5) is 0. The van der Waals surface area contributed by atoms with Gasteiger partial charge in [0.25, 0.3) is 0 Å². The molecule has 2 aromatic rings. The molecule has 1 aromatic carbocycles. The number of aromatic nitrogens is 1. The predicted molar refractivity (Wildman–Crippen MR) is 45.3 cm³/mol. The minimum absolute atomic E-state index is 0.754. The van der Waals surface area contributed by atoms with E-state index in [1.165, 1.54) is 0 Å². The van der Waals surface area contributed by atoms with Crippen LogP contribution < -0.4 is 4.74 Å². The van der Waals surface area contributed by atoms with Gasteiger partial charge in [-0.3, -0.25) is 0 Å². The molecule has 1 aromatic heterocycles. The van der Waals surface area contributed by atoms with E-state index in [0.717, 1.165) is 22.4 Å². The first-order valence-electron chi connectivity index (χ1n) is 3.72. The fourth-order valence-corrected chi connectivity index (χ4v) is 1.23. The normalized spacial score (nSPS) is 10.5. The summed E-state index contributed by atoms with van der Waals surface area (Å²) in [5.74, 6) is 1.58. The highest BCUT2D eigenvalue weighted by molar-refractivity contribution is 5.85. The topological polar surface area (TPSA) is 35.3 Å². The fourth-order valence-electron chi connectivity index (χ4n) is 1.23. The molecule has 0 saturated heterocycles. The lowest BCUT2D eigenvalue weighted by Crippen LogP contribution is -1.82. The Hall–Kier alpha value is -1.51. The molecule has 0 unspecified atom stereocenters. The first-order valence-corrected chi connectivity index (χ1v) is 3.72. The molecule has 0 bridgehead atoms. The van der Waals surface area contributed by atoms with Gasteiger partial charge in [-0.05, 0) is 19.1 Å². The number of nitrogens with zero attached hydrogens (tertiary/aromatic N) is 1. The maximum atomic E-state index is 5.12. The van der Waals surface area contributed by atoms with E-state index in [1.807, 2.05) is 25.1 Å². The van der Waals surface area contributed by atoms with E-state index < -0.39 is 0 Å². The summed E-state index contributed by atoms with van der Waals surface area (Å²) >= 11 is 0. The molecule has 3 heteroatoms. The van der Waals surface area contributed by atoms with Crippen molar-refractivity contribution in [2.75, 3.05) is 7.11 Å². The van der Waals surface area contributed by atoms with Crippen LogP contribution in [0.5, 0.6) is 5.75 Å². The Kier molecular flexibility index (Phi) is 1.50. The van der Waals surface area contributed by atoms with Gasteiger partial charge < -0.3 is 9.26 Å². The van der Waals surface area contributed by atoms with Gasteiger partial charge >= 0.3 is 0 Å². The Morgan fingerprint density at radius 3 is 3.00 bits per heavy atom. The van der Waals surface area contributed by atoms with Gasteiger partial charge in [-0.15, -0.1) is 0 Å². The smallest absolute Gasteiger partial charge is 0.155 e. The zero-order valence-electron chi connectivity index (χ0n) is 7.00. The van der Waals surface area contributed by atoms with E-state index >= 15 is 0 Å². The van der Waals surface area contributed by atoms with Crippen molar-refractivity contribution < 1.29 is 9.26 Å². The van der Waals surface area contributed by atoms with Crippen molar-refractivity contribution in [3.05, 3.63) is 24.0 Å². The number of benzene rings is 1. The molecule has 62 valence electrons. The summed E-state index contributed by atoms with van der Waals surface area (Å²) in [6, 6.07) is 5.75. The van der Waals surface area contributed by atoms with Gasteiger partial charge in [0.1, 0.15) is 11.5 Å². The van der Waals surface area contributed by atoms with E-state index in [4.69, 9.17) is 9.26 Å². The highest BCUT2D eigenvalue weighted by Crippen LogP contribution is 2.25. The predicted octanol–water partition coefficient (Wildman–Crippen LogP) is 2.14. The third kappa shape index (κ3) is 0.863. The number of methoxy groups -OCH3 is 1. The molecule has 0 fully saturated rings. The number of fused-ring (bicyclic) bond motifs is 1. The summed E-state index contributed by atoms with van der Waals surface area (Å²) in [6.45, 7) is 1.88. The quantitative estimate of drug-likeness (QED) is 0.646. The second-order valence-electron chi connectivity index (χ2n) is 2.60. The Labute approximate surface area is 69.9 Å². The molecule has 0 amide bonds. The lowest BCUT2D eigenvalue weighted by molar-refractivity contribution is 0.393. The van der Waals surface area contributed by atoms with Crippen molar-refractivity contribution in [1.82, 2.24) is 5.16 Å². The van der Waals surface area contributed by atoms with Crippen LogP contribution in [0.1, 0.15) is 5.76 Å². The Balaban J connectivity index is 2.81. The van der Waals surface area contributed by atoms with E-state index in [-0.39, 0.29) is 0 Å². The zero-order chi connectivity index (χ0) is 8.55. The molecule has 0 aliphatic rings. The van der Waals surface area contributed by atoms with Gasteiger partial charge in [0.15, 0.2) is 5.52 Å². The average molecular weight is 163 g/mol. The van der Waals surface area contributed by atoms with E-state index in [0.29, 0.717) is 0 Å². The lowest BCUT2D eigenvalue weighted by atomic mass is 10.2. The number of aryl methyl sites for hydroxylation is 1. The van der Waals surface area contributed by atoms with Crippen molar-refractivity contribution in [2.24, 2.45) is 0 Å². The van der Waals surface area contributed by atoms with Crippen molar-refractivity contribution in [3.8, 4) is 5.75 Å². The largest absolute Gasteiger partial charge is 0.494 e. The van der Waals surface area contributed by atoms with Crippen LogP contribution in [0.3, 0.4) is 0 Å². The van der Waals surface area contributed by atoms with Crippen LogP contribution in [0.15, 0.2) is 22.7 Å². The van der Waals surface area contributed by atoms with E-state index in [9.17, 15) is 0 Å². The summed E-state index contributed by atoms with van der Waals surface area (Å²) in [5, 5.41) is 4.90. The van der Waals surface area contributed by atoms with Crippen LogP contribution in [-0.4, -0.2) is 12.3 Å². The van der Waals surface area contributed by atoms with Crippen LogP contribution in [0, 0.1) is 6.92 Å². The molecule has 0 radical (unpaired) electrons. The van der Waals surface area contributed by atoms with Crippen molar-refractivity contribution in [2.45, 2.75) is 6.92 Å². The second kappa shape index (κ2) is 2.52. The standard InChI is InChI=1S/C9H9NO2/c1-6-7-4-3-5-8(11-2)9(7)10-12-6/h3-5H,1-2H3. The number of hydrogen-bond donors (Lipinski definition) is 0. The van der Waals surface area contributed by atoms with Gasteiger partial charge in [0.2, 0.25) is 0 Å². The first kappa shape index (κ1) is 7.16. The minimum Gasteiger partial charge on any atom is -0.494 e. The molecule has 0 spiro atoms. The Morgan fingerprint density at radius 2 is 2.25 bits per heavy atom. The molecule has 0 N–H and O–H groups in total. The average Bonchev–Trinajstić information content (AvgIpc) is 2.48. The van der Waals surface area contributed by atoms with Gasteiger partial charge in [0, 0.05) is 5.39 Å². The molecule has 0 atom stereocenters. The maximum Gasteiger partial charge on any atom is 0.155 e. The monoisotopic (exact) mass is 163 g/mol. The van der Waals surface area contributed by atoms with Crippen LogP contribution >= 0.6 is 0 Å². The minimum atomic E-state index is 0.754. The summed E-state index contributed by atoms with van der Waals surface area (Å²) in [7, 11) is 1.62. The fraction of sp³-hybridized carbons (Fsp3) is 0.222. The van der Waals surface area contributed by atoms with Crippen molar-refractivity contribution >= 4 is 10.9 Å². The summed E-state index contributed by atoms with van der Waals surface area (Å²) < 4.78 is 10.1. The third-order valence-electron chi connectivity index (χ3n) is 1.87. The highest BCUT2D eigenvalue weighted by Gasteiger charge is 2.07. The van der Waals surface area contributed by atoms with E-state index in [2.05, 4.69) is 5.16 Å². The maximum absolute atomic E-state index is 5.12. The molecular formula is C9H9NO2. The van der Waals surface area contributed by atoms with Gasteiger partial charge in [-0.2, -0.15) is 0 Å². The van der Waals surface area contributed by atoms with Crippen LogP contribution in [0.25, 0.3) is 10.9 Å². The van der Waals surface area contributed by atoms with Crippen LogP contribution in [0.4, 0.5) is 0 Å². The lowest BCUT2D eigenvalue weighted by Gasteiger charge is -1.97. The number of ether oxygens (including phenoxy) is 1. The number of rotatable bonds is 1. The van der Waals surface area contributed by atoms with Crippen LogP contribution in [0.2, 0.25) is 0 Å².